The summed E-state index contributed by atoms with van der Waals surface area (Å²) in [5.74, 6) is 1.77. The Kier molecular flexibility index (Phi) is 4.33. The Morgan fingerprint density at radius 2 is 2.03 bits per heavy atom. The number of halogens is 3. The number of aryl methyl sites for hydroxylation is 1. The molecule has 7 nitrogen and oxygen atoms in total. The van der Waals surface area contributed by atoms with Gasteiger partial charge in [-0.05, 0) is 61.4 Å². The third-order valence-electron chi connectivity index (χ3n) is 7.01. The van der Waals surface area contributed by atoms with E-state index in [1.165, 1.54) is 23.8 Å². The molecular weight excluding hydrogens is 447 g/mol. The van der Waals surface area contributed by atoms with Crippen LogP contribution in [0.2, 0.25) is 0 Å². The molecule has 0 aromatic heterocycles. The lowest BCUT2D eigenvalue weighted by atomic mass is 10.0. The van der Waals surface area contributed by atoms with E-state index < -0.39 is 11.7 Å². The van der Waals surface area contributed by atoms with Crippen LogP contribution in [0.3, 0.4) is 0 Å². The van der Waals surface area contributed by atoms with E-state index in [0.717, 1.165) is 23.5 Å². The van der Waals surface area contributed by atoms with Gasteiger partial charge in [0.25, 0.3) is 5.91 Å². The summed E-state index contributed by atoms with van der Waals surface area (Å²) in [5.41, 5.74) is 2.38. The van der Waals surface area contributed by atoms with Crippen molar-refractivity contribution < 1.29 is 22.8 Å². The van der Waals surface area contributed by atoms with Gasteiger partial charge in [-0.3, -0.25) is 14.5 Å². The van der Waals surface area contributed by atoms with Crippen molar-refractivity contribution in [1.29, 1.82) is 0 Å². The molecule has 0 saturated heterocycles. The molecule has 2 amide bonds. The Balaban J connectivity index is 1.32. The van der Waals surface area contributed by atoms with E-state index in [0.29, 0.717) is 47.4 Å². The minimum absolute atomic E-state index is 0.291. The summed E-state index contributed by atoms with van der Waals surface area (Å²) in [6.07, 6.45) is 0.320. The maximum Gasteiger partial charge on any atom is 0.414 e. The number of fused-ring (bicyclic) bond motifs is 3. The highest BCUT2D eigenvalue weighted by molar-refractivity contribution is 6.56. The minimum Gasteiger partial charge on any atom is -0.356 e. The molecule has 0 radical (unpaired) electrons. The van der Waals surface area contributed by atoms with E-state index in [-0.39, 0.29) is 18.4 Å². The predicted octanol–water partition coefficient (Wildman–Crippen LogP) is 2.92. The van der Waals surface area contributed by atoms with Gasteiger partial charge in [0.1, 0.15) is 11.5 Å². The fourth-order valence-corrected chi connectivity index (χ4v) is 5.12. The molecule has 1 fully saturated rings. The molecular formula is C24H23F3N5O2+. The van der Waals surface area contributed by atoms with Crippen molar-refractivity contribution >= 4 is 34.9 Å². The normalized spacial score (nSPS) is 21.3. The molecule has 0 spiro atoms. The number of carbonyl (C=O) groups is 2. The van der Waals surface area contributed by atoms with Gasteiger partial charge in [0.05, 0.1) is 17.7 Å². The predicted molar refractivity (Wildman–Crippen MR) is 121 cm³/mol. The zero-order valence-corrected chi connectivity index (χ0v) is 18.8. The highest BCUT2D eigenvalue weighted by Gasteiger charge is 2.48. The Labute approximate surface area is 193 Å². The van der Waals surface area contributed by atoms with Gasteiger partial charge in [-0.25, -0.2) is 4.67 Å². The average Bonchev–Trinajstić information content (AvgIpc) is 3.46. The number of likely N-dealkylation sites (N-methyl/N-ethyl adjacent to an activating group) is 1. The summed E-state index contributed by atoms with van der Waals surface area (Å²) in [4.78, 5) is 31.0. The lowest BCUT2D eigenvalue weighted by molar-refractivity contribution is -0.110. The van der Waals surface area contributed by atoms with E-state index in [1.54, 1.807) is 18.0 Å². The third kappa shape index (κ3) is 3.16. The number of alkyl halides is 3. The van der Waals surface area contributed by atoms with E-state index >= 15 is 0 Å². The van der Waals surface area contributed by atoms with Gasteiger partial charge < -0.3 is 10.2 Å². The van der Waals surface area contributed by atoms with Crippen molar-refractivity contribution in [3.8, 4) is 0 Å². The first-order valence-corrected chi connectivity index (χ1v) is 11.4. The molecule has 0 unspecified atom stereocenters. The lowest BCUT2D eigenvalue weighted by Crippen LogP contribution is -2.56. The van der Waals surface area contributed by atoms with Crippen molar-refractivity contribution in [2.75, 3.05) is 30.4 Å². The van der Waals surface area contributed by atoms with Crippen LogP contribution in [0.1, 0.15) is 41.6 Å². The quantitative estimate of drug-likeness (QED) is 0.690. The van der Waals surface area contributed by atoms with Crippen LogP contribution in [0.5, 0.6) is 0 Å². The van der Waals surface area contributed by atoms with Gasteiger partial charge in [0.2, 0.25) is 0 Å². The second-order valence-corrected chi connectivity index (χ2v) is 9.55. The zero-order chi connectivity index (χ0) is 23.9. The second-order valence-electron chi connectivity index (χ2n) is 9.55. The number of nitrogens with one attached hydrogen (secondary N) is 1. The van der Waals surface area contributed by atoms with E-state index in [2.05, 4.69) is 9.98 Å². The number of carbonyl (C=O) groups excluding carboxylic acids is 2. The van der Waals surface area contributed by atoms with Gasteiger partial charge in [-0.2, -0.15) is 18.1 Å². The van der Waals surface area contributed by atoms with E-state index in [4.69, 9.17) is 0 Å². The summed E-state index contributed by atoms with van der Waals surface area (Å²) in [6, 6.07) is 3.55. The number of amidine groups is 2. The number of hydrogen-bond donors (Lipinski definition) is 1. The molecule has 10 heteroatoms. The van der Waals surface area contributed by atoms with Crippen LogP contribution in [0.15, 0.2) is 35.2 Å². The molecule has 4 aliphatic heterocycles. The maximum absolute atomic E-state index is 13.6. The van der Waals surface area contributed by atoms with Crippen molar-refractivity contribution in [1.82, 2.24) is 14.5 Å². The molecule has 0 atom stereocenters. The number of nitrogens with zero attached hydrogens (tertiary/aromatic N) is 4. The molecule has 6 rings (SSSR count). The molecule has 1 N–H and O–H groups in total. The smallest absolute Gasteiger partial charge is 0.356 e. The highest BCUT2D eigenvalue weighted by Crippen LogP contribution is 2.41. The van der Waals surface area contributed by atoms with Crippen LogP contribution in [-0.4, -0.2) is 59.6 Å². The van der Waals surface area contributed by atoms with Crippen LogP contribution in [0, 0.1) is 12.8 Å². The summed E-state index contributed by atoms with van der Waals surface area (Å²) < 4.78 is 44.2. The van der Waals surface area contributed by atoms with Gasteiger partial charge in [0, 0.05) is 25.7 Å². The Morgan fingerprint density at radius 1 is 1.26 bits per heavy atom. The molecule has 34 heavy (non-hydrogen) atoms. The van der Waals surface area contributed by atoms with Crippen LogP contribution in [-0.2, 0) is 4.79 Å². The van der Waals surface area contributed by atoms with E-state index in [9.17, 15) is 22.8 Å². The van der Waals surface area contributed by atoms with Crippen molar-refractivity contribution in [2.45, 2.75) is 38.8 Å². The van der Waals surface area contributed by atoms with Gasteiger partial charge in [-0.15, -0.1) is 0 Å². The molecule has 1 aromatic rings. The summed E-state index contributed by atoms with van der Waals surface area (Å²) in [5, 5.41) is 2.83. The van der Waals surface area contributed by atoms with Crippen LogP contribution < -0.4 is 14.9 Å². The molecule has 1 aromatic carbocycles. The highest BCUT2D eigenvalue weighted by atomic mass is 19.4. The fourth-order valence-electron chi connectivity index (χ4n) is 5.12. The number of hydrogen-bond acceptors (Lipinski definition) is 4. The van der Waals surface area contributed by atoms with Crippen molar-refractivity contribution in [2.24, 2.45) is 5.92 Å². The topological polar surface area (TPSA) is 70.0 Å². The Morgan fingerprint density at radius 3 is 2.74 bits per heavy atom. The number of allylic oxidation sites excluding steroid dienone is 1. The minimum atomic E-state index is -4.40. The first kappa shape index (κ1) is 21.0. The van der Waals surface area contributed by atoms with Crippen molar-refractivity contribution in [3.05, 3.63) is 46.3 Å². The fraction of sp³-hybridized carbons (Fsp3) is 0.417. The molecule has 176 valence electrons. The van der Waals surface area contributed by atoms with Gasteiger partial charge >= 0.3 is 23.8 Å². The number of benzene rings is 1. The van der Waals surface area contributed by atoms with Crippen LogP contribution in [0.4, 0.5) is 24.5 Å². The molecule has 4 heterocycles. The largest absolute Gasteiger partial charge is 0.414 e. The van der Waals surface area contributed by atoms with Crippen LogP contribution >= 0.6 is 0 Å². The first-order chi connectivity index (χ1) is 16.1. The second kappa shape index (κ2) is 6.99. The molecule has 5 aliphatic rings. The molecule has 1 saturated carbocycles. The first-order valence-electron chi connectivity index (χ1n) is 11.4. The van der Waals surface area contributed by atoms with Crippen LogP contribution in [0.25, 0.3) is 0 Å². The standard InChI is InChI=1S/C24H22F3N5O2/c1-12-7-18-17(28-21(33)20-29-19(32(18)20)8-13-3-4-13)10-16(12)23(34)31-6-5-14-9-15(24(25,26)27)11-30(2)22(14)31/h7,9-10,13H,3-6,8,11H2,1-2H3/p+1. The molecule has 1 aliphatic carbocycles. The van der Waals surface area contributed by atoms with Gasteiger partial charge in [0.15, 0.2) is 0 Å². The summed E-state index contributed by atoms with van der Waals surface area (Å²) >= 11 is 0. The maximum atomic E-state index is 13.6. The number of anilines is 2. The Hall–Kier alpha value is -3.52. The monoisotopic (exact) mass is 470 g/mol. The van der Waals surface area contributed by atoms with E-state index in [1.807, 2.05) is 17.9 Å². The lowest BCUT2D eigenvalue weighted by Gasteiger charge is -2.33. The third-order valence-corrected chi connectivity index (χ3v) is 7.01. The summed E-state index contributed by atoms with van der Waals surface area (Å²) in [7, 11) is 1.57. The SMILES string of the molecule is Cc1cc2c(cc1C(=O)N1CCC3=C1N(C)CC(C(F)(F)F)=C3)NC(=O)C1=[N+]=C(CC3CC3)N12. The molecule has 0 bridgehead atoms. The number of amides is 2. The van der Waals surface area contributed by atoms with Gasteiger partial charge in [-0.1, -0.05) is 0 Å². The number of rotatable bonds is 3. The Bertz CT molecular complexity index is 1300. The summed E-state index contributed by atoms with van der Waals surface area (Å²) in [6.45, 7) is 1.83. The van der Waals surface area contributed by atoms with Crippen molar-refractivity contribution in [3.63, 3.8) is 0 Å². The average molecular weight is 470 g/mol. The zero-order valence-electron chi connectivity index (χ0n) is 18.8.